The van der Waals surface area contributed by atoms with Gasteiger partial charge in [-0.25, -0.2) is 0 Å². The zero-order valence-corrected chi connectivity index (χ0v) is 6.89. The Kier molecular flexibility index (Phi) is 2.40. The van der Waals surface area contributed by atoms with Crippen molar-refractivity contribution in [3.8, 4) is 6.07 Å². The molecule has 1 atom stereocenters. The minimum Gasteiger partial charge on any atom is -0.303 e. The van der Waals surface area contributed by atoms with Gasteiger partial charge in [-0.2, -0.15) is 5.26 Å². The summed E-state index contributed by atoms with van der Waals surface area (Å²) in [5.74, 6) is -0.0814. The Morgan fingerprint density at radius 3 is 2.91 bits per heavy atom. The second kappa shape index (κ2) is 3.31. The van der Waals surface area contributed by atoms with Crippen LogP contribution in [0.5, 0.6) is 0 Å². The monoisotopic (exact) mass is 165 g/mol. The molecule has 11 heavy (non-hydrogen) atoms. The standard InChI is InChI=1S/C8H7NOS/c1-6(5-10)8-3-2-7(4-9)11-8/h2-3,5-6H,1H3. The van der Waals surface area contributed by atoms with Crippen LogP contribution in [0, 0.1) is 11.3 Å². The van der Waals surface area contributed by atoms with Gasteiger partial charge in [-0.15, -0.1) is 11.3 Å². The summed E-state index contributed by atoms with van der Waals surface area (Å²) in [5, 5.41) is 8.48. The van der Waals surface area contributed by atoms with Crippen molar-refractivity contribution in [3.05, 3.63) is 21.9 Å². The van der Waals surface area contributed by atoms with Gasteiger partial charge in [0.05, 0.1) is 0 Å². The summed E-state index contributed by atoms with van der Waals surface area (Å²) in [6.07, 6.45) is 0.882. The van der Waals surface area contributed by atoms with Crippen molar-refractivity contribution in [3.63, 3.8) is 0 Å². The maximum Gasteiger partial charge on any atom is 0.127 e. The first-order chi connectivity index (χ1) is 5.27. The second-order valence-electron chi connectivity index (χ2n) is 2.24. The predicted molar refractivity (Wildman–Crippen MR) is 43.5 cm³/mol. The molecule has 0 bridgehead atoms. The van der Waals surface area contributed by atoms with E-state index in [0.29, 0.717) is 4.88 Å². The summed E-state index contributed by atoms with van der Waals surface area (Å²) >= 11 is 1.37. The summed E-state index contributed by atoms with van der Waals surface area (Å²) < 4.78 is 0. The topological polar surface area (TPSA) is 40.9 Å². The SMILES string of the molecule is CC(C=O)c1ccc(C#N)s1. The average Bonchev–Trinajstić information content (AvgIpc) is 2.50. The van der Waals surface area contributed by atoms with Crippen molar-refractivity contribution in [2.75, 3.05) is 0 Å². The highest BCUT2D eigenvalue weighted by Gasteiger charge is 2.06. The summed E-state index contributed by atoms with van der Waals surface area (Å²) in [4.78, 5) is 11.9. The van der Waals surface area contributed by atoms with Crippen LogP contribution in [-0.4, -0.2) is 6.29 Å². The fourth-order valence-corrected chi connectivity index (χ4v) is 1.54. The molecule has 2 nitrogen and oxygen atoms in total. The van der Waals surface area contributed by atoms with Crippen LogP contribution in [-0.2, 0) is 4.79 Å². The zero-order valence-electron chi connectivity index (χ0n) is 6.07. The molecular formula is C8H7NOS. The minimum atomic E-state index is -0.0814. The lowest BCUT2D eigenvalue weighted by atomic mass is 10.2. The molecule has 0 N–H and O–H groups in total. The number of hydrogen-bond donors (Lipinski definition) is 0. The molecule has 0 amide bonds. The van der Waals surface area contributed by atoms with Crippen LogP contribution >= 0.6 is 11.3 Å². The maximum atomic E-state index is 10.3. The molecule has 0 aliphatic rings. The van der Waals surface area contributed by atoms with E-state index in [9.17, 15) is 4.79 Å². The molecule has 0 saturated carbocycles. The highest BCUT2D eigenvalue weighted by atomic mass is 32.1. The minimum absolute atomic E-state index is 0.0814. The first-order valence-electron chi connectivity index (χ1n) is 3.23. The van der Waals surface area contributed by atoms with E-state index in [1.54, 1.807) is 6.07 Å². The van der Waals surface area contributed by atoms with Crippen molar-refractivity contribution in [2.24, 2.45) is 0 Å². The number of nitrogens with zero attached hydrogens (tertiary/aromatic N) is 1. The van der Waals surface area contributed by atoms with Crippen LogP contribution in [0.25, 0.3) is 0 Å². The molecule has 1 aromatic rings. The Morgan fingerprint density at radius 2 is 2.45 bits per heavy atom. The zero-order chi connectivity index (χ0) is 8.27. The van der Waals surface area contributed by atoms with Crippen LogP contribution < -0.4 is 0 Å². The van der Waals surface area contributed by atoms with Crippen molar-refractivity contribution < 1.29 is 4.79 Å². The van der Waals surface area contributed by atoms with E-state index >= 15 is 0 Å². The molecule has 1 aromatic heterocycles. The number of hydrogen-bond acceptors (Lipinski definition) is 3. The van der Waals surface area contributed by atoms with Gasteiger partial charge in [0.2, 0.25) is 0 Å². The second-order valence-corrected chi connectivity index (χ2v) is 3.35. The lowest BCUT2D eigenvalue weighted by Crippen LogP contribution is -1.88. The van der Waals surface area contributed by atoms with E-state index in [1.165, 1.54) is 11.3 Å². The Hall–Kier alpha value is -1.14. The third kappa shape index (κ3) is 1.66. The summed E-state index contributed by atoms with van der Waals surface area (Å²) in [5.41, 5.74) is 0. The Labute approximate surface area is 69.1 Å². The molecule has 1 heterocycles. The van der Waals surface area contributed by atoms with Crippen molar-refractivity contribution in [2.45, 2.75) is 12.8 Å². The Morgan fingerprint density at radius 1 is 1.73 bits per heavy atom. The highest BCUT2D eigenvalue weighted by molar-refractivity contribution is 7.12. The number of rotatable bonds is 2. The molecular weight excluding hydrogens is 158 g/mol. The van der Waals surface area contributed by atoms with Crippen LogP contribution in [0.2, 0.25) is 0 Å². The van der Waals surface area contributed by atoms with Gasteiger partial charge in [-0.3, -0.25) is 0 Å². The largest absolute Gasteiger partial charge is 0.303 e. The number of carbonyl (C=O) groups is 1. The lowest BCUT2D eigenvalue weighted by molar-refractivity contribution is -0.108. The molecule has 0 aliphatic heterocycles. The number of thiophene rings is 1. The van der Waals surface area contributed by atoms with Crippen molar-refractivity contribution in [1.82, 2.24) is 0 Å². The molecule has 3 heteroatoms. The average molecular weight is 165 g/mol. The number of aldehydes is 1. The molecule has 0 fully saturated rings. The van der Waals surface area contributed by atoms with Gasteiger partial charge < -0.3 is 4.79 Å². The predicted octanol–water partition coefficient (Wildman–Crippen LogP) is 1.92. The van der Waals surface area contributed by atoms with Crippen LogP contribution in [0.1, 0.15) is 22.6 Å². The van der Waals surface area contributed by atoms with Gasteiger partial charge in [-0.1, -0.05) is 6.92 Å². The quantitative estimate of drug-likeness (QED) is 0.628. The molecule has 56 valence electrons. The first-order valence-corrected chi connectivity index (χ1v) is 4.04. The maximum absolute atomic E-state index is 10.3. The fraction of sp³-hybridized carbons (Fsp3) is 0.250. The van der Waals surface area contributed by atoms with E-state index in [1.807, 2.05) is 19.1 Å². The molecule has 0 aliphatic carbocycles. The van der Waals surface area contributed by atoms with Crippen molar-refractivity contribution >= 4 is 17.6 Å². The van der Waals surface area contributed by atoms with E-state index < -0.39 is 0 Å². The van der Waals surface area contributed by atoms with Crippen LogP contribution in [0.3, 0.4) is 0 Å². The van der Waals surface area contributed by atoms with Crippen LogP contribution in [0.15, 0.2) is 12.1 Å². The Balaban J connectivity index is 2.90. The number of carbonyl (C=O) groups excluding carboxylic acids is 1. The van der Waals surface area contributed by atoms with E-state index in [2.05, 4.69) is 0 Å². The third-order valence-corrected chi connectivity index (χ3v) is 2.58. The van der Waals surface area contributed by atoms with E-state index in [0.717, 1.165) is 11.2 Å². The molecule has 1 rings (SSSR count). The summed E-state index contributed by atoms with van der Waals surface area (Å²) in [6.45, 7) is 1.82. The van der Waals surface area contributed by atoms with Gasteiger partial charge in [0, 0.05) is 10.8 Å². The van der Waals surface area contributed by atoms with E-state index in [-0.39, 0.29) is 5.92 Å². The van der Waals surface area contributed by atoms with Gasteiger partial charge in [0.25, 0.3) is 0 Å². The lowest BCUT2D eigenvalue weighted by Gasteiger charge is -1.94. The third-order valence-electron chi connectivity index (χ3n) is 1.39. The molecule has 1 unspecified atom stereocenters. The van der Waals surface area contributed by atoms with Gasteiger partial charge in [0.15, 0.2) is 0 Å². The normalized spacial score (nSPS) is 12.0. The van der Waals surface area contributed by atoms with Crippen LogP contribution in [0.4, 0.5) is 0 Å². The van der Waals surface area contributed by atoms with Gasteiger partial charge >= 0.3 is 0 Å². The smallest absolute Gasteiger partial charge is 0.127 e. The van der Waals surface area contributed by atoms with Crippen molar-refractivity contribution in [1.29, 1.82) is 5.26 Å². The summed E-state index contributed by atoms with van der Waals surface area (Å²) in [6, 6.07) is 5.59. The molecule has 0 radical (unpaired) electrons. The summed E-state index contributed by atoms with van der Waals surface area (Å²) in [7, 11) is 0. The molecule has 0 aromatic carbocycles. The fourth-order valence-electron chi connectivity index (χ4n) is 0.725. The molecule has 0 saturated heterocycles. The highest BCUT2D eigenvalue weighted by Crippen LogP contribution is 2.22. The Bertz CT molecular complexity index is 297. The number of nitriles is 1. The first kappa shape index (κ1) is 7.96. The van der Waals surface area contributed by atoms with E-state index in [4.69, 9.17) is 5.26 Å². The van der Waals surface area contributed by atoms with Gasteiger partial charge in [-0.05, 0) is 12.1 Å². The molecule has 0 spiro atoms. The van der Waals surface area contributed by atoms with Gasteiger partial charge in [0.1, 0.15) is 17.2 Å².